The summed E-state index contributed by atoms with van der Waals surface area (Å²) >= 11 is 7.49. The van der Waals surface area contributed by atoms with Crippen molar-refractivity contribution in [3.05, 3.63) is 64.3 Å². The van der Waals surface area contributed by atoms with Crippen molar-refractivity contribution in [2.75, 3.05) is 5.32 Å². The maximum atomic E-state index is 5.92. The van der Waals surface area contributed by atoms with E-state index in [2.05, 4.69) is 39.1 Å². The van der Waals surface area contributed by atoms with Crippen LogP contribution in [0.3, 0.4) is 0 Å². The Morgan fingerprint density at radius 3 is 2.67 bits per heavy atom. The van der Waals surface area contributed by atoms with Gasteiger partial charge in [0.1, 0.15) is 11.3 Å². The minimum Gasteiger partial charge on any atom is -0.332 e. The first kappa shape index (κ1) is 15.2. The largest absolute Gasteiger partial charge is 0.332 e. The highest BCUT2D eigenvalue weighted by atomic mass is 35.5. The second-order valence-corrected chi connectivity index (χ2v) is 6.94. The van der Waals surface area contributed by atoms with Gasteiger partial charge in [0.2, 0.25) is 0 Å². The molecule has 3 heterocycles. The van der Waals surface area contributed by atoms with Crippen LogP contribution in [0.2, 0.25) is 5.02 Å². The van der Waals surface area contributed by atoms with E-state index < -0.39 is 0 Å². The van der Waals surface area contributed by atoms with Crippen molar-refractivity contribution >= 4 is 39.4 Å². The topological polar surface area (TPSA) is 42.2 Å². The average molecular weight is 355 g/mol. The molecule has 3 aromatic heterocycles. The van der Waals surface area contributed by atoms with Crippen LogP contribution in [0.4, 0.5) is 10.8 Å². The number of nitrogens with zero attached hydrogens (tertiary/aromatic N) is 3. The van der Waals surface area contributed by atoms with Gasteiger partial charge in [-0.15, -0.1) is 11.3 Å². The number of pyridine rings is 1. The Balaban J connectivity index is 1.70. The number of aryl methyl sites for hydroxylation is 2. The molecule has 6 heteroatoms. The van der Waals surface area contributed by atoms with Crippen molar-refractivity contribution < 1.29 is 0 Å². The normalized spacial score (nSPS) is 11.1. The maximum Gasteiger partial charge on any atom is 0.187 e. The van der Waals surface area contributed by atoms with Crippen molar-refractivity contribution in [1.29, 1.82) is 0 Å². The molecular formula is C18H15ClN4S. The molecule has 0 saturated carbocycles. The van der Waals surface area contributed by atoms with Crippen molar-refractivity contribution in [3.63, 3.8) is 0 Å². The highest BCUT2D eigenvalue weighted by molar-refractivity contribution is 7.14. The lowest BCUT2D eigenvalue weighted by molar-refractivity contribution is 1.16. The molecule has 0 radical (unpaired) electrons. The Kier molecular flexibility index (Phi) is 3.75. The first-order valence-electron chi connectivity index (χ1n) is 7.54. The number of hydrogen-bond donors (Lipinski definition) is 1. The summed E-state index contributed by atoms with van der Waals surface area (Å²) in [6.45, 7) is 4.09. The Hall–Kier alpha value is -2.37. The predicted molar refractivity (Wildman–Crippen MR) is 101 cm³/mol. The Morgan fingerprint density at radius 2 is 1.88 bits per heavy atom. The van der Waals surface area contributed by atoms with E-state index in [1.54, 1.807) is 11.3 Å². The third kappa shape index (κ3) is 2.77. The molecule has 1 N–H and O–H groups in total. The van der Waals surface area contributed by atoms with Gasteiger partial charge >= 0.3 is 0 Å². The van der Waals surface area contributed by atoms with Gasteiger partial charge in [-0.2, -0.15) is 0 Å². The summed E-state index contributed by atoms with van der Waals surface area (Å²) in [5.41, 5.74) is 6.04. The lowest BCUT2D eigenvalue weighted by atomic mass is 10.2. The van der Waals surface area contributed by atoms with Crippen molar-refractivity contribution in [2.45, 2.75) is 13.8 Å². The fourth-order valence-electron chi connectivity index (χ4n) is 2.67. The molecule has 0 aliphatic rings. The maximum absolute atomic E-state index is 5.92. The Bertz CT molecular complexity index is 1020. The van der Waals surface area contributed by atoms with Crippen LogP contribution in [0.1, 0.15) is 11.3 Å². The number of halogens is 1. The third-order valence-electron chi connectivity index (χ3n) is 3.80. The van der Waals surface area contributed by atoms with Gasteiger partial charge in [-0.05, 0) is 55.8 Å². The highest BCUT2D eigenvalue weighted by Crippen LogP contribution is 2.30. The Morgan fingerprint density at radius 1 is 1.08 bits per heavy atom. The van der Waals surface area contributed by atoms with Crippen LogP contribution < -0.4 is 5.32 Å². The molecular weight excluding hydrogens is 340 g/mol. The van der Waals surface area contributed by atoms with Crippen molar-refractivity contribution in [2.24, 2.45) is 0 Å². The van der Waals surface area contributed by atoms with Crippen LogP contribution in [0.25, 0.3) is 17.0 Å². The second-order valence-electron chi connectivity index (χ2n) is 5.65. The lowest BCUT2D eigenvalue weighted by Gasteiger charge is -2.02. The van der Waals surface area contributed by atoms with Crippen molar-refractivity contribution in [1.82, 2.24) is 14.4 Å². The zero-order chi connectivity index (χ0) is 16.7. The molecule has 0 aliphatic carbocycles. The SMILES string of the molecule is Cc1ccn2c(-c3csc(Nc4ccc(Cl)cc4)n3)c(C)nc2c1. The standard InChI is InChI=1S/C18H15ClN4S/c1-11-7-8-23-16(9-11)20-12(2)17(23)15-10-24-18(22-15)21-14-5-3-13(19)4-6-14/h3-10H,1-2H3,(H,21,22). The number of anilines is 2. The van der Waals surface area contributed by atoms with Gasteiger partial charge in [-0.25, -0.2) is 9.97 Å². The van der Waals surface area contributed by atoms with Gasteiger partial charge in [0.25, 0.3) is 0 Å². The molecule has 24 heavy (non-hydrogen) atoms. The van der Waals surface area contributed by atoms with Gasteiger partial charge in [0.05, 0.1) is 11.4 Å². The molecule has 4 aromatic rings. The number of hydrogen-bond acceptors (Lipinski definition) is 4. The van der Waals surface area contributed by atoms with Gasteiger partial charge in [-0.1, -0.05) is 11.6 Å². The van der Waals surface area contributed by atoms with Crippen LogP contribution in [0.5, 0.6) is 0 Å². The van der Waals surface area contributed by atoms with E-state index >= 15 is 0 Å². The number of imidazole rings is 1. The summed E-state index contributed by atoms with van der Waals surface area (Å²) in [5, 5.41) is 6.92. The van der Waals surface area contributed by atoms with E-state index in [0.717, 1.165) is 38.6 Å². The van der Waals surface area contributed by atoms with Crippen LogP contribution in [0.15, 0.2) is 48.0 Å². The lowest BCUT2D eigenvalue weighted by Crippen LogP contribution is -1.92. The van der Waals surface area contributed by atoms with Crippen LogP contribution >= 0.6 is 22.9 Å². The smallest absolute Gasteiger partial charge is 0.187 e. The summed E-state index contributed by atoms with van der Waals surface area (Å²) in [6, 6.07) is 11.7. The molecule has 120 valence electrons. The van der Waals surface area contributed by atoms with Gasteiger partial charge < -0.3 is 5.32 Å². The summed E-state index contributed by atoms with van der Waals surface area (Å²) in [4.78, 5) is 9.36. The molecule has 0 atom stereocenters. The molecule has 0 spiro atoms. The van der Waals surface area contributed by atoms with E-state index in [1.807, 2.05) is 37.4 Å². The molecule has 0 unspecified atom stereocenters. The van der Waals surface area contributed by atoms with Crippen LogP contribution in [-0.2, 0) is 0 Å². The molecule has 0 bridgehead atoms. The fourth-order valence-corrected chi connectivity index (χ4v) is 3.51. The zero-order valence-corrected chi connectivity index (χ0v) is 14.8. The molecule has 4 rings (SSSR count). The molecule has 0 saturated heterocycles. The summed E-state index contributed by atoms with van der Waals surface area (Å²) in [7, 11) is 0. The number of benzene rings is 1. The number of thiazole rings is 1. The van der Waals surface area contributed by atoms with Crippen LogP contribution in [0, 0.1) is 13.8 Å². The van der Waals surface area contributed by atoms with Gasteiger partial charge in [0.15, 0.2) is 5.13 Å². The number of rotatable bonds is 3. The minimum atomic E-state index is 0.719. The van der Waals surface area contributed by atoms with E-state index in [0.29, 0.717) is 0 Å². The number of fused-ring (bicyclic) bond motifs is 1. The van der Waals surface area contributed by atoms with Crippen molar-refractivity contribution in [3.8, 4) is 11.4 Å². The average Bonchev–Trinajstić information content (AvgIpc) is 3.12. The third-order valence-corrected chi connectivity index (χ3v) is 4.81. The number of nitrogens with one attached hydrogen (secondary N) is 1. The van der Waals surface area contributed by atoms with Gasteiger partial charge in [-0.3, -0.25) is 4.40 Å². The molecule has 4 nitrogen and oxygen atoms in total. The first-order valence-corrected chi connectivity index (χ1v) is 8.80. The van der Waals surface area contributed by atoms with Gasteiger partial charge in [0, 0.05) is 22.3 Å². The second kappa shape index (κ2) is 5.92. The molecule has 1 aromatic carbocycles. The molecule has 0 fully saturated rings. The quantitative estimate of drug-likeness (QED) is 0.530. The monoisotopic (exact) mass is 354 g/mol. The fraction of sp³-hybridized carbons (Fsp3) is 0.111. The van der Waals surface area contributed by atoms with Crippen LogP contribution in [-0.4, -0.2) is 14.4 Å². The zero-order valence-electron chi connectivity index (χ0n) is 13.2. The first-order chi connectivity index (χ1) is 11.6. The van der Waals surface area contributed by atoms with E-state index in [9.17, 15) is 0 Å². The van der Waals surface area contributed by atoms with E-state index in [4.69, 9.17) is 16.6 Å². The summed E-state index contributed by atoms with van der Waals surface area (Å²) < 4.78 is 2.09. The highest BCUT2D eigenvalue weighted by Gasteiger charge is 2.14. The van der Waals surface area contributed by atoms with E-state index in [1.165, 1.54) is 5.56 Å². The Labute approximate surface area is 148 Å². The summed E-state index contributed by atoms with van der Waals surface area (Å²) in [5.74, 6) is 0. The minimum absolute atomic E-state index is 0.719. The molecule has 0 aliphatic heterocycles. The summed E-state index contributed by atoms with van der Waals surface area (Å²) in [6.07, 6.45) is 2.05. The molecule has 0 amide bonds. The number of aromatic nitrogens is 3. The predicted octanol–water partition coefficient (Wildman–Crippen LogP) is 5.47. The van der Waals surface area contributed by atoms with E-state index in [-0.39, 0.29) is 0 Å².